The Bertz CT molecular complexity index is 1550. The first-order valence-corrected chi connectivity index (χ1v) is 12.3. The van der Waals surface area contributed by atoms with Crippen molar-refractivity contribution in [2.75, 3.05) is 20.8 Å². The number of phenols is 3. The third kappa shape index (κ3) is 5.47. The summed E-state index contributed by atoms with van der Waals surface area (Å²) in [6.07, 6.45) is -0.294. The Morgan fingerprint density at radius 3 is 2.28 bits per heavy atom. The highest BCUT2D eigenvalue weighted by molar-refractivity contribution is 5.93. The molecule has 39 heavy (non-hydrogen) atoms. The summed E-state index contributed by atoms with van der Waals surface area (Å²) < 4.78 is 22.4. The predicted molar refractivity (Wildman–Crippen MR) is 145 cm³/mol. The Labute approximate surface area is 224 Å². The van der Waals surface area contributed by atoms with Crippen molar-refractivity contribution < 1.29 is 38.7 Å². The highest BCUT2D eigenvalue weighted by Crippen LogP contribution is 2.50. The van der Waals surface area contributed by atoms with Gasteiger partial charge in [-0.2, -0.15) is 0 Å². The third-order valence-electron chi connectivity index (χ3n) is 6.30. The van der Waals surface area contributed by atoms with Gasteiger partial charge in [-0.1, -0.05) is 50.2 Å². The molecule has 0 aliphatic carbocycles. The van der Waals surface area contributed by atoms with Gasteiger partial charge in [-0.15, -0.1) is 0 Å². The molecule has 3 aromatic carbocycles. The van der Waals surface area contributed by atoms with Crippen LogP contribution in [0, 0.1) is 5.92 Å². The molecule has 0 bridgehead atoms. The summed E-state index contributed by atoms with van der Waals surface area (Å²) in [7, 11) is 2.70. The largest absolute Gasteiger partial charge is 0.504 e. The molecule has 1 atom stereocenters. The second kappa shape index (κ2) is 11.4. The monoisotopic (exact) mass is 534 g/mol. The fourth-order valence-electron chi connectivity index (χ4n) is 4.35. The van der Waals surface area contributed by atoms with E-state index in [0.717, 1.165) is 0 Å². The molecule has 4 rings (SSSR count). The number of carbonyl (C=O) groups is 1. The van der Waals surface area contributed by atoms with E-state index in [2.05, 4.69) is 0 Å². The van der Waals surface area contributed by atoms with E-state index in [1.807, 2.05) is 13.8 Å². The molecule has 3 N–H and O–H groups in total. The van der Waals surface area contributed by atoms with Gasteiger partial charge in [0.2, 0.25) is 5.75 Å². The standard InChI is InChI=1S/C30H30O9/c1-16(2)15-38-21-11-10-18(12-23(21)36-3)19(13-24(32)37-4)25-27(33)29(35)28(34)26-20(31)14-22(39-30(25)26)17-8-6-5-7-9-17/h5-12,14,16,19,33-35H,13,15H2,1-4H3/t19-/m1/s1. The minimum absolute atomic E-state index is 0.0708. The molecule has 0 aliphatic rings. The van der Waals surface area contributed by atoms with Crippen LogP contribution < -0.4 is 14.9 Å². The van der Waals surface area contributed by atoms with Crippen molar-refractivity contribution in [3.05, 3.63) is 75.9 Å². The SMILES string of the molecule is COC(=O)C[C@H](c1ccc(OCC(C)C)c(OC)c1)c1c(O)c(O)c(O)c2c(=O)cc(-c3ccccc3)oc12. The lowest BCUT2D eigenvalue weighted by atomic mass is 9.86. The Kier molecular flexibility index (Phi) is 7.99. The van der Waals surface area contributed by atoms with Crippen molar-refractivity contribution in [3.63, 3.8) is 0 Å². The number of hydrogen-bond acceptors (Lipinski definition) is 9. The Morgan fingerprint density at radius 1 is 0.923 bits per heavy atom. The van der Waals surface area contributed by atoms with Crippen molar-refractivity contribution >= 4 is 16.9 Å². The van der Waals surface area contributed by atoms with Crippen molar-refractivity contribution in [3.8, 4) is 40.1 Å². The van der Waals surface area contributed by atoms with Gasteiger partial charge in [0.05, 0.1) is 27.2 Å². The minimum Gasteiger partial charge on any atom is -0.504 e. The predicted octanol–water partition coefficient (Wildman–Crippen LogP) is 5.32. The summed E-state index contributed by atoms with van der Waals surface area (Å²) in [5.74, 6) is -2.77. The van der Waals surface area contributed by atoms with Gasteiger partial charge in [-0.05, 0) is 23.6 Å². The average molecular weight is 535 g/mol. The molecular formula is C30H30O9. The minimum atomic E-state index is -0.978. The van der Waals surface area contributed by atoms with Gasteiger partial charge in [0.1, 0.15) is 16.7 Å². The number of phenolic OH excluding ortho intramolecular Hbond substituents is 3. The van der Waals surface area contributed by atoms with Crippen LogP contribution in [0.2, 0.25) is 0 Å². The molecule has 9 nitrogen and oxygen atoms in total. The molecule has 0 unspecified atom stereocenters. The Hall–Kier alpha value is -4.66. The normalized spacial score (nSPS) is 11.9. The maximum absolute atomic E-state index is 13.2. The quantitative estimate of drug-likeness (QED) is 0.193. The summed E-state index contributed by atoms with van der Waals surface area (Å²) in [5, 5.41) is 32.0. The van der Waals surface area contributed by atoms with Gasteiger partial charge >= 0.3 is 5.97 Å². The lowest BCUT2D eigenvalue weighted by Gasteiger charge is -2.22. The second-order valence-corrected chi connectivity index (χ2v) is 9.45. The molecule has 1 aromatic heterocycles. The zero-order valence-corrected chi connectivity index (χ0v) is 22.1. The van der Waals surface area contributed by atoms with Crippen LogP contribution in [0.1, 0.15) is 37.3 Å². The van der Waals surface area contributed by atoms with Crippen LogP contribution in [0.4, 0.5) is 0 Å². The molecule has 0 saturated heterocycles. The molecule has 0 saturated carbocycles. The molecule has 0 amide bonds. The number of rotatable bonds is 9. The average Bonchev–Trinajstić information content (AvgIpc) is 2.94. The molecule has 4 aromatic rings. The lowest BCUT2D eigenvalue weighted by Crippen LogP contribution is -2.13. The Morgan fingerprint density at radius 2 is 1.64 bits per heavy atom. The van der Waals surface area contributed by atoms with E-state index < -0.39 is 34.6 Å². The number of hydrogen-bond donors (Lipinski definition) is 3. The van der Waals surface area contributed by atoms with E-state index in [4.69, 9.17) is 18.6 Å². The van der Waals surface area contributed by atoms with Gasteiger partial charge in [0, 0.05) is 23.1 Å². The molecule has 0 spiro atoms. The van der Waals surface area contributed by atoms with Crippen LogP contribution in [0.3, 0.4) is 0 Å². The van der Waals surface area contributed by atoms with Gasteiger partial charge < -0.3 is 33.9 Å². The number of ether oxygens (including phenoxy) is 3. The molecule has 0 radical (unpaired) electrons. The summed E-state index contributed by atoms with van der Waals surface area (Å²) in [6, 6.07) is 15.0. The fourth-order valence-corrected chi connectivity index (χ4v) is 4.35. The van der Waals surface area contributed by atoms with E-state index in [1.165, 1.54) is 20.3 Å². The maximum Gasteiger partial charge on any atom is 0.306 e. The molecular weight excluding hydrogens is 504 g/mol. The highest BCUT2D eigenvalue weighted by Gasteiger charge is 2.31. The van der Waals surface area contributed by atoms with E-state index >= 15 is 0 Å². The van der Waals surface area contributed by atoms with Gasteiger partial charge in [-0.3, -0.25) is 9.59 Å². The van der Waals surface area contributed by atoms with Crippen molar-refractivity contribution in [1.82, 2.24) is 0 Å². The van der Waals surface area contributed by atoms with Crippen molar-refractivity contribution in [1.29, 1.82) is 0 Å². The van der Waals surface area contributed by atoms with Crippen molar-refractivity contribution in [2.45, 2.75) is 26.2 Å². The zero-order chi connectivity index (χ0) is 28.3. The first kappa shape index (κ1) is 27.4. The molecule has 9 heteroatoms. The number of fused-ring (bicyclic) bond motifs is 1. The Balaban J connectivity index is 2.01. The number of carbonyl (C=O) groups excluding carboxylic acids is 1. The number of esters is 1. The molecule has 0 aliphatic heterocycles. The van der Waals surface area contributed by atoms with Crippen LogP contribution in [-0.2, 0) is 9.53 Å². The van der Waals surface area contributed by atoms with Gasteiger partial charge in [0.15, 0.2) is 28.4 Å². The number of aromatic hydroxyl groups is 3. The summed E-state index contributed by atoms with van der Waals surface area (Å²) in [4.78, 5) is 25.7. The first-order valence-electron chi connectivity index (χ1n) is 12.3. The summed E-state index contributed by atoms with van der Waals surface area (Å²) in [5.41, 5.74) is 0.160. The van der Waals surface area contributed by atoms with Crippen LogP contribution in [0.5, 0.6) is 28.7 Å². The van der Waals surface area contributed by atoms with E-state index in [0.29, 0.717) is 29.2 Å². The molecule has 1 heterocycles. The van der Waals surface area contributed by atoms with Crippen molar-refractivity contribution in [2.24, 2.45) is 5.92 Å². The smallest absolute Gasteiger partial charge is 0.306 e. The third-order valence-corrected chi connectivity index (χ3v) is 6.30. The van der Waals surface area contributed by atoms with Crippen LogP contribution >= 0.6 is 0 Å². The number of methoxy groups -OCH3 is 2. The molecule has 0 fully saturated rings. The summed E-state index contributed by atoms with van der Waals surface area (Å²) >= 11 is 0. The second-order valence-electron chi connectivity index (χ2n) is 9.45. The summed E-state index contributed by atoms with van der Waals surface area (Å²) in [6.45, 7) is 4.47. The zero-order valence-electron chi connectivity index (χ0n) is 22.1. The van der Waals surface area contributed by atoms with Crippen LogP contribution in [0.15, 0.2) is 63.8 Å². The topological polar surface area (TPSA) is 136 Å². The number of benzene rings is 3. The van der Waals surface area contributed by atoms with E-state index in [9.17, 15) is 24.9 Å². The van der Waals surface area contributed by atoms with Crippen LogP contribution in [0.25, 0.3) is 22.3 Å². The highest BCUT2D eigenvalue weighted by atomic mass is 16.5. The lowest BCUT2D eigenvalue weighted by molar-refractivity contribution is -0.140. The van der Waals surface area contributed by atoms with E-state index in [1.54, 1.807) is 48.5 Å². The van der Waals surface area contributed by atoms with Crippen LogP contribution in [-0.4, -0.2) is 42.1 Å². The maximum atomic E-state index is 13.2. The molecule has 204 valence electrons. The van der Waals surface area contributed by atoms with Gasteiger partial charge in [0.25, 0.3) is 0 Å². The fraction of sp³-hybridized carbons (Fsp3) is 0.267. The van der Waals surface area contributed by atoms with Gasteiger partial charge in [-0.25, -0.2) is 0 Å². The first-order chi connectivity index (χ1) is 18.7. The van der Waals surface area contributed by atoms with E-state index in [-0.39, 0.29) is 34.6 Å².